The van der Waals surface area contributed by atoms with Crippen molar-refractivity contribution in [2.75, 3.05) is 20.2 Å². The summed E-state index contributed by atoms with van der Waals surface area (Å²) in [6.45, 7) is 0.739. The lowest BCUT2D eigenvalue weighted by atomic mass is 10.2. The van der Waals surface area contributed by atoms with Gasteiger partial charge in [0.15, 0.2) is 0 Å². The van der Waals surface area contributed by atoms with Gasteiger partial charge in [-0.15, -0.1) is 0 Å². The van der Waals surface area contributed by atoms with Crippen LogP contribution in [0.1, 0.15) is 5.56 Å². The molecule has 2 N–H and O–H groups in total. The minimum atomic E-state index is -0.205. The number of likely N-dealkylation sites (N-methyl/N-ethyl adjacent to an activating group) is 1. The van der Waals surface area contributed by atoms with Crippen molar-refractivity contribution in [3.05, 3.63) is 34.9 Å². The molecule has 0 saturated carbocycles. The van der Waals surface area contributed by atoms with Crippen molar-refractivity contribution in [2.24, 2.45) is 0 Å². The minimum absolute atomic E-state index is 0.0368. The Kier molecular flexibility index (Phi) is 5.08. The molecule has 16 heavy (non-hydrogen) atoms. The quantitative estimate of drug-likeness (QED) is 0.840. The summed E-state index contributed by atoms with van der Waals surface area (Å²) in [6.07, 6.45) is 0. The summed E-state index contributed by atoms with van der Waals surface area (Å²) < 4.78 is 0. The fourth-order valence-corrected chi connectivity index (χ4v) is 1.29. The van der Waals surface area contributed by atoms with E-state index in [1.165, 1.54) is 4.90 Å². The van der Waals surface area contributed by atoms with Crippen molar-refractivity contribution in [1.82, 2.24) is 10.2 Å². The molecule has 88 valence electrons. The fraction of sp³-hybridized carbons (Fsp3) is 0.364. The van der Waals surface area contributed by atoms with E-state index in [2.05, 4.69) is 5.32 Å². The molecule has 5 heteroatoms. The number of carbonyl (C=O) groups is 1. The van der Waals surface area contributed by atoms with Crippen LogP contribution in [0.5, 0.6) is 0 Å². The Morgan fingerprint density at radius 1 is 1.44 bits per heavy atom. The molecule has 0 heterocycles. The SMILES string of the molecule is CN(CCO)C(=O)NCc1ccc(Cl)cc1. The third-order valence-electron chi connectivity index (χ3n) is 2.14. The highest BCUT2D eigenvalue weighted by molar-refractivity contribution is 6.30. The molecule has 0 unspecified atom stereocenters. The summed E-state index contributed by atoms with van der Waals surface area (Å²) in [5.41, 5.74) is 0.982. The molecule has 0 radical (unpaired) electrons. The first-order chi connectivity index (χ1) is 7.63. The zero-order valence-corrected chi connectivity index (χ0v) is 9.87. The normalized spacial score (nSPS) is 9.94. The lowest BCUT2D eigenvalue weighted by molar-refractivity contribution is 0.190. The number of urea groups is 1. The Morgan fingerprint density at radius 3 is 2.62 bits per heavy atom. The van der Waals surface area contributed by atoms with Crippen LogP contribution in [0.15, 0.2) is 24.3 Å². The average Bonchev–Trinajstić information content (AvgIpc) is 2.28. The van der Waals surface area contributed by atoms with Crippen LogP contribution in [0.3, 0.4) is 0 Å². The number of rotatable bonds is 4. The standard InChI is InChI=1S/C11H15ClN2O2/c1-14(6-7-15)11(16)13-8-9-2-4-10(12)5-3-9/h2-5,15H,6-8H2,1H3,(H,13,16). The lowest BCUT2D eigenvalue weighted by Gasteiger charge is -2.16. The Balaban J connectivity index is 2.39. The third kappa shape index (κ3) is 4.08. The predicted octanol–water partition coefficient (Wildman–Crippen LogP) is 1.47. The van der Waals surface area contributed by atoms with Crippen LogP contribution in [0.2, 0.25) is 5.02 Å². The number of halogens is 1. The van der Waals surface area contributed by atoms with E-state index in [0.29, 0.717) is 18.1 Å². The topological polar surface area (TPSA) is 52.6 Å². The van der Waals surface area contributed by atoms with E-state index in [0.717, 1.165) is 5.56 Å². The summed E-state index contributed by atoms with van der Waals surface area (Å²) >= 11 is 5.74. The van der Waals surface area contributed by atoms with Gasteiger partial charge in [0.05, 0.1) is 6.61 Å². The maximum atomic E-state index is 11.5. The molecular formula is C11H15ClN2O2. The number of carbonyl (C=O) groups excluding carboxylic acids is 1. The Labute approximate surface area is 99.8 Å². The van der Waals surface area contributed by atoms with Gasteiger partial charge in [-0.2, -0.15) is 0 Å². The number of hydrogen-bond acceptors (Lipinski definition) is 2. The first-order valence-electron chi connectivity index (χ1n) is 4.97. The second-order valence-electron chi connectivity index (χ2n) is 3.43. The molecular weight excluding hydrogens is 228 g/mol. The average molecular weight is 243 g/mol. The number of amides is 2. The van der Waals surface area contributed by atoms with E-state index in [-0.39, 0.29) is 12.6 Å². The van der Waals surface area contributed by atoms with Crippen molar-refractivity contribution in [1.29, 1.82) is 0 Å². The predicted molar refractivity (Wildman–Crippen MR) is 63.4 cm³/mol. The number of aliphatic hydroxyl groups excluding tert-OH is 1. The molecule has 0 spiro atoms. The van der Waals surface area contributed by atoms with Gasteiger partial charge in [0.25, 0.3) is 0 Å². The summed E-state index contributed by atoms with van der Waals surface area (Å²) in [6, 6.07) is 7.06. The number of benzene rings is 1. The van der Waals surface area contributed by atoms with Gasteiger partial charge in [-0.25, -0.2) is 4.79 Å². The van der Waals surface area contributed by atoms with Crippen LogP contribution in [0.4, 0.5) is 4.79 Å². The van der Waals surface area contributed by atoms with E-state index >= 15 is 0 Å². The van der Waals surface area contributed by atoms with Crippen molar-refractivity contribution < 1.29 is 9.90 Å². The maximum Gasteiger partial charge on any atom is 0.317 e. The van der Waals surface area contributed by atoms with Crippen molar-refractivity contribution >= 4 is 17.6 Å². The molecule has 4 nitrogen and oxygen atoms in total. The van der Waals surface area contributed by atoms with Gasteiger partial charge in [0.2, 0.25) is 0 Å². The second kappa shape index (κ2) is 6.35. The summed E-state index contributed by atoms with van der Waals surface area (Å²) in [4.78, 5) is 12.9. The Hall–Kier alpha value is -1.26. The maximum absolute atomic E-state index is 11.5. The highest BCUT2D eigenvalue weighted by atomic mass is 35.5. The van der Waals surface area contributed by atoms with E-state index < -0.39 is 0 Å². The number of hydrogen-bond donors (Lipinski definition) is 2. The van der Waals surface area contributed by atoms with Gasteiger partial charge in [-0.3, -0.25) is 0 Å². The molecule has 0 aromatic heterocycles. The number of aliphatic hydroxyl groups is 1. The zero-order chi connectivity index (χ0) is 12.0. The van der Waals surface area contributed by atoms with Crippen molar-refractivity contribution in [2.45, 2.75) is 6.54 Å². The second-order valence-corrected chi connectivity index (χ2v) is 3.87. The van der Waals surface area contributed by atoms with Crippen molar-refractivity contribution in [3.8, 4) is 0 Å². The Morgan fingerprint density at radius 2 is 2.06 bits per heavy atom. The van der Waals surface area contributed by atoms with Gasteiger partial charge in [0, 0.05) is 25.2 Å². The van der Waals surface area contributed by atoms with Gasteiger partial charge < -0.3 is 15.3 Å². The first kappa shape index (κ1) is 12.8. The van der Waals surface area contributed by atoms with E-state index in [1.54, 1.807) is 19.2 Å². The number of nitrogens with one attached hydrogen (secondary N) is 1. The summed E-state index contributed by atoms with van der Waals surface area (Å²) in [5.74, 6) is 0. The lowest BCUT2D eigenvalue weighted by Crippen LogP contribution is -2.38. The van der Waals surface area contributed by atoms with Crippen LogP contribution in [-0.2, 0) is 6.54 Å². The molecule has 0 saturated heterocycles. The molecule has 1 rings (SSSR count). The van der Waals surface area contributed by atoms with Crippen LogP contribution >= 0.6 is 11.6 Å². The van der Waals surface area contributed by atoms with Crippen LogP contribution < -0.4 is 5.32 Å². The highest BCUT2D eigenvalue weighted by Gasteiger charge is 2.06. The van der Waals surface area contributed by atoms with Crippen LogP contribution in [0.25, 0.3) is 0 Å². The molecule has 0 bridgehead atoms. The number of nitrogens with zero attached hydrogens (tertiary/aromatic N) is 1. The van der Waals surface area contributed by atoms with E-state index in [4.69, 9.17) is 16.7 Å². The molecule has 0 aliphatic heterocycles. The molecule has 1 aromatic carbocycles. The van der Waals surface area contributed by atoms with Gasteiger partial charge >= 0.3 is 6.03 Å². The molecule has 0 fully saturated rings. The molecule has 0 aliphatic rings. The first-order valence-corrected chi connectivity index (χ1v) is 5.35. The molecule has 1 aromatic rings. The smallest absolute Gasteiger partial charge is 0.317 e. The van der Waals surface area contributed by atoms with E-state index in [1.807, 2.05) is 12.1 Å². The van der Waals surface area contributed by atoms with Gasteiger partial charge in [0.1, 0.15) is 0 Å². The highest BCUT2D eigenvalue weighted by Crippen LogP contribution is 2.09. The minimum Gasteiger partial charge on any atom is -0.395 e. The molecule has 0 aliphatic carbocycles. The monoisotopic (exact) mass is 242 g/mol. The Bertz CT molecular complexity index is 340. The van der Waals surface area contributed by atoms with Crippen LogP contribution in [0, 0.1) is 0 Å². The summed E-state index contributed by atoms with van der Waals surface area (Å²) in [5, 5.41) is 12.1. The third-order valence-corrected chi connectivity index (χ3v) is 2.39. The van der Waals surface area contributed by atoms with Crippen molar-refractivity contribution in [3.63, 3.8) is 0 Å². The van der Waals surface area contributed by atoms with Gasteiger partial charge in [-0.05, 0) is 17.7 Å². The fourth-order valence-electron chi connectivity index (χ4n) is 1.17. The molecule has 2 amide bonds. The van der Waals surface area contributed by atoms with Crippen LogP contribution in [-0.4, -0.2) is 36.2 Å². The largest absolute Gasteiger partial charge is 0.395 e. The van der Waals surface area contributed by atoms with Gasteiger partial charge in [-0.1, -0.05) is 23.7 Å². The summed E-state index contributed by atoms with van der Waals surface area (Å²) in [7, 11) is 1.63. The molecule has 0 atom stereocenters. The van der Waals surface area contributed by atoms with E-state index in [9.17, 15) is 4.79 Å². The zero-order valence-electron chi connectivity index (χ0n) is 9.11.